The molecule has 0 bridgehead atoms. The Balaban J connectivity index is 2.38. The molecule has 0 amide bonds. The van der Waals surface area contributed by atoms with Crippen LogP contribution in [0.15, 0.2) is 34.7 Å². The zero-order valence-corrected chi connectivity index (χ0v) is 15.7. The average Bonchev–Trinajstić information content (AvgIpc) is 3.12. The maximum atomic E-state index is 12.5. The summed E-state index contributed by atoms with van der Waals surface area (Å²) in [5, 5.41) is 19.7. The van der Waals surface area contributed by atoms with Crippen LogP contribution in [-0.4, -0.2) is 47.2 Å². The van der Waals surface area contributed by atoms with Crippen molar-refractivity contribution in [2.24, 2.45) is 0 Å². The van der Waals surface area contributed by atoms with E-state index >= 15 is 0 Å². The maximum Gasteiger partial charge on any atom is 0.342 e. The first-order chi connectivity index (χ1) is 13.2. The second kappa shape index (κ2) is 7.01. The number of esters is 1. The van der Waals surface area contributed by atoms with Gasteiger partial charge in [-0.2, -0.15) is 4.89 Å². The number of allylic oxidation sites excluding steroid dienone is 2. The van der Waals surface area contributed by atoms with E-state index < -0.39 is 23.8 Å². The molecule has 0 spiro atoms. The van der Waals surface area contributed by atoms with Gasteiger partial charge < -0.3 is 24.7 Å². The molecule has 9 heteroatoms. The summed E-state index contributed by atoms with van der Waals surface area (Å²) in [5.41, 5.74) is 1.14. The molecular formula is C19H19NO8. The highest BCUT2D eigenvalue weighted by molar-refractivity contribution is 6.01. The van der Waals surface area contributed by atoms with Gasteiger partial charge in [-0.15, -0.1) is 0 Å². The summed E-state index contributed by atoms with van der Waals surface area (Å²) in [7, 11) is 2.77. The summed E-state index contributed by atoms with van der Waals surface area (Å²) in [4.78, 5) is 48.2. The molecule has 0 saturated heterocycles. The molecule has 2 aliphatic rings. The van der Waals surface area contributed by atoms with Crippen LogP contribution in [0, 0.1) is 0 Å². The number of benzene rings is 1. The van der Waals surface area contributed by atoms with Crippen molar-refractivity contribution in [3.8, 4) is 5.75 Å². The number of fused-ring (bicyclic) bond motifs is 1. The summed E-state index contributed by atoms with van der Waals surface area (Å²) < 4.78 is 4.85. The lowest BCUT2D eigenvalue weighted by Crippen LogP contribution is -2.33. The van der Waals surface area contributed by atoms with Gasteiger partial charge in [0, 0.05) is 24.0 Å². The van der Waals surface area contributed by atoms with E-state index in [-0.39, 0.29) is 34.6 Å². The molecule has 1 aromatic rings. The Morgan fingerprint density at radius 3 is 2.18 bits per heavy atom. The van der Waals surface area contributed by atoms with E-state index in [1.807, 2.05) is 0 Å². The predicted molar refractivity (Wildman–Crippen MR) is 94.4 cm³/mol. The quantitative estimate of drug-likeness (QED) is 0.588. The Kier molecular flexibility index (Phi) is 4.86. The molecule has 0 radical (unpaired) electrons. The zero-order chi connectivity index (χ0) is 20.7. The lowest BCUT2D eigenvalue weighted by atomic mass is 9.77. The molecule has 3 rings (SSSR count). The van der Waals surface area contributed by atoms with Gasteiger partial charge in [-0.05, 0) is 19.4 Å². The molecule has 0 aromatic heterocycles. The summed E-state index contributed by atoms with van der Waals surface area (Å²) in [6.07, 6.45) is 0. The number of rotatable bonds is 4. The third kappa shape index (κ3) is 2.80. The van der Waals surface area contributed by atoms with E-state index in [1.165, 1.54) is 18.1 Å². The minimum Gasteiger partial charge on any atom is -0.478 e. The van der Waals surface area contributed by atoms with Gasteiger partial charge in [-0.25, -0.2) is 14.4 Å². The van der Waals surface area contributed by atoms with Gasteiger partial charge in [0.1, 0.15) is 12.2 Å². The van der Waals surface area contributed by atoms with Crippen molar-refractivity contribution in [3.05, 3.63) is 51.4 Å². The van der Waals surface area contributed by atoms with E-state index in [2.05, 4.69) is 0 Å². The molecule has 0 fully saturated rings. The minimum absolute atomic E-state index is 0.0508. The Hall–Kier alpha value is -3.33. The van der Waals surface area contributed by atoms with Gasteiger partial charge in [0.05, 0.1) is 24.2 Å². The van der Waals surface area contributed by atoms with Gasteiger partial charge in [0.2, 0.25) is 0 Å². The van der Waals surface area contributed by atoms with Crippen LogP contribution in [0.25, 0.3) is 0 Å². The molecule has 2 aliphatic heterocycles. The van der Waals surface area contributed by atoms with Crippen LogP contribution in [0.4, 0.5) is 0 Å². The lowest BCUT2D eigenvalue weighted by molar-refractivity contribution is -0.194. The van der Waals surface area contributed by atoms with Crippen molar-refractivity contribution >= 4 is 17.9 Å². The van der Waals surface area contributed by atoms with Crippen LogP contribution in [0.3, 0.4) is 0 Å². The topological polar surface area (TPSA) is 123 Å². The first kappa shape index (κ1) is 19.4. The van der Waals surface area contributed by atoms with E-state index in [4.69, 9.17) is 14.5 Å². The van der Waals surface area contributed by atoms with Crippen LogP contribution in [0.1, 0.15) is 41.3 Å². The van der Waals surface area contributed by atoms with E-state index in [1.54, 1.807) is 27.0 Å². The van der Waals surface area contributed by atoms with E-state index in [0.717, 1.165) is 0 Å². The van der Waals surface area contributed by atoms with Crippen molar-refractivity contribution in [2.45, 2.75) is 26.4 Å². The van der Waals surface area contributed by atoms with Crippen LogP contribution in [0.5, 0.6) is 5.75 Å². The molecule has 9 nitrogen and oxygen atoms in total. The van der Waals surface area contributed by atoms with Gasteiger partial charge >= 0.3 is 17.9 Å². The molecule has 1 aromatic carbocycles. The molecule has 28 heavy (non-hydrogen) atoms. The van der Waals surface area contributed by atoms with Gasteiger partial charge in [0.25, 0.3) is 0 Å². The standard InChI is InChI=1S/C19H19NO8/c1-8-12(17(21)22)14(13(18(23)24)9(2)20(8)3)11-6-5-10-7-27-28-16(10)15(11)19(25)26-4/h5-6,14H,7H2,1-4H3,(H,21,22)(H,23,24). The first-order valence-corrected chi connectivity index (χ1v) is 8.36. The highest BCUT2D eigenvalue weighted by atomic mass is 17.2. The number of carbonyl (C=O) groups is 3. The van der Waals surface area contributed by atoms with Crippen LogP contribution < -0.4 is 4.89 Å². The molecule has 148 valence electrons. The Bertz CT molecular complexity index is 921. The van der Waals surface area contributed by atoms with Crippen molar-refractivity contribution < 1.29 is 39.1 Å². The number of methoxy groups -OCH3 is 1. The monoisotopic (exact) mass is 389 g/mol. The van der Waals surface area contributed by atoms with Crippen molar-refractivity contribution in [1.29, 1.82) is 0 Å². The molecular weight excluding hydrogens is 370 g/mol. The molecule has 0 unspecified atom stereocenters. The van der Waals surface area contributed by atoms with Crippen LogP contribution in [-0.2, 0) is 25.8 Å². The number of aliphatic carboxylic acids is 2. The van der Waals surface area contributed by atoms with Gasteiger partial charge in [-0.3, -0.25) is 0 Å². The highest BCUT2D eigenvalue weighted by Crippen LogP contribution is 2.45. The SMILES string of the molecule is COC(=O)c1c(C2C(C(=O)O)=C(C)N(C)C(C)=C2C(=O)O)ccc2c1OOC2. The predicted octanol–water partition coefficient (Wildman–Crippen LogP) is 2.04. The number of carbonyl (C=O) groups excluding carboxylic acids is 1. The van der Waals surface area contributed by atoms with E-state index in [9.17, 15) is 24.6 Å². The number of hydrogen-bond donors (Lipinski definition) is 2. The third-order valence-electron chi connectivity index (χ3n) is 5.15. The second-order valence-corrected chi connectivity index (χ2v) is 6.46. The molecule has 0 aliphatic carbocycles. The molecule has 2 N–H and O–H groups in total. The summed E-state index contributed by atoms with van der Waals surface area (Å²) in [5.74, 6) is -4.44. The zero-order valence-electron chi connectivity index (χ0n) is 15.7. The van der Waals surface area contributed by atoms with Crippen molar-refractivity contribution in [2.75, 3.05) is 14.2 Å². The number of nitrogens with zero attached hydrogens (tertiary/aromatic N) is 1. The van der Waals surface area contributed by atoms with Crippen molar-refractivity contribution in [1.82, 2.24) is 4.90 Å². The second-order valence-electron chi connectivity index (χ2n) is 6.46. The minimum atomic E-state index is -1.28. The Morgan fingerprint density at radius 1 is 1.11 bits per heavy atom. The lowest BCUT2D eigenvalue weighted by Gasteiger charge is -2.35. The smallest absolute Gasteiger partial charge is 0.342 e. The van der Waals surface area contributed by atoms with Gasteiger partial charge in [-0.1, -0.05) is 12.1 Å². The highest BCUT2D eigenvalue weighted by Gasteiger charge is 2.41. The Labute approximate surface area is 160 Å². The fraction of sp³-hybridized carbons (Fsp3) is 0.316. The summed E-state index contributed by atoms with van der Waals surface area (Å²) in [6.45, 7) is 3.28. The molecule has 2 heterocycles. The summed E-state index contributed by atoms with van der Waals surface area (Å²) >= 11 is 0. The number of carboxylic acid groups (broad SMARTS) is 2. The third-order valence-corrected chi connectivity index (χ3v) is 5.15. The van der Waals surface area contributed by atoms with Crippen molar-refractivity contribution in [3.63, 3.8) is 0 Å². The van der Waals surface area contributed by atoms with E-state index in [0.29, 0.717) is 17.0 Å². The fourth-order valence-corrected chi connectivity index (χ4v) is 3.60. The largest absolute Gasteiger partial charge is 0.478 e. The van der Waals surface area contributed by atoms with Gasteiger partial charge in [0.15, 0.2) is 5.75 Å². The molecule has 0 atom stereocenters. The Morgan fingerprint density at radius 2 is 1.68 bits per heavy atom. The molecule has 0 saturated carbocycles. The fourth-order valence-electron chi connectivity index (χ4n) is 3.60. The number of hydrogen-bond acceptors (Lipinski definition) is 7. The normalized spacial score (nSPS) is 16.8. The number of carboxylic acids is 2. The number of ether oxygens (including phenoxy) is 1. The van der Waals surface area contributed by atoms with Crippen LogP contribution in [0.2, 0.25) is 0 Å². The summed E-state index contributed by atoms with van der Waals surface area (Å²) in [6, 6.07) is 3.14. The maximum absolute atomic E-state index is 12.5. The first-order valence-electron chi connectivity index (χ1n) is 8.36. The van der Waals surface area contributed by atoms with Crippen LogP contribution >= 0.6 is 0 Å². The average molecular weight is 389 g/mol.